The average molecular weight is 336 g/mol. The van der Waals surface area contributed by atoms with Crippen LogP contribution in [0.4, 0.5) is 5.69 Å². The minimum absolute atomic E-state index is 0.128. The van der Waals surface area contributed by atoms with Crippen molar-refractivity contribution in [3.63, 3.8) is 0 Å². The molecule has 2 unspecified atom stereocenters. The zero-order chi connectivity index (χ0) is 17.4. The Morgan fingerprint density at radius 1 is 1.12 bits per heavy atom. The predicted octanol–water partition coefficient (Wildman–Crippen LogP) is 2.20. The quantitative estimate of drug-likeness (QED) is 0.903. The van der Waals surface area contributed by atoms with Crippen LogP contribution in [0, 0.1) is 0 Å². The number of carbonyl (C=O) groups is 2. The van der Waals surface area contributed by atoms with E-state index in [9.17, 15) is 14.7 Å². The minimum atomic E-state index is -0.608. The van der Waals surface area contributed by atoms with Gasteiger partial charge in [0.25, 0.3) is 5.91 Å². The van der Waals surface area contributed by atoms with Crippen LogP contribution < -0.4 is 10.2 Å². The normalized spacial score (nSPS) is 22.1. The second-order valence-corrected chi connectivity index (χ2v) is 6.62. The first kappa shape index (κ1) is 15.8. The predicted molar refractivity (Wildman–Crippen MR) is 94.4 cm³/mol. The van der Waals surface area contributed by atoms with E-state index < -0.39 is 6.10 Å². The van der Waals surface area contributed by atoms with Crippen molar-refractivity contribution >= 4 is 17.5 Å². The molecule has 0 spiro atoms. The van der Waals surface area contributed by atoms with Crippen LogP contribution in [-0.2, 0) is 11.2 Å². The molecular formula is C20H20N2O3. The molecule has 1 saturated heterocycles. The lowest BCUT2D eigenvalue weighted by atomic mass is 10.1. The summed E-state index contributed by atoms with van der Waals surface area (Å²) in [5.41, 5.74) is 3.39. The van der Waals surface area contributed by atoms with Crippen LogP contribution in [0.1, 0.15) is 40.4 Å². The first-order valence-corrected chi connectivity index (χ1v) is 8.60. The number of hydrogen-bond donors (Lipinski definition) is 2. The van der Waals surface area contributed by atoms with E-state index in [4.69, 9.17) is 0 Å². The third-order valence-corrected chi connectivity index (χ3v) is 5.01. The molecule has 0 radical (unpaired) electrons. The molecule has 1 fully saturated rings. The summed E-state index contributed by atoms with van der Waals surface area (Å²) >= 11 is 0. The second-order valence-electron chi connectivity index (χ2n) is 6.62. The van der Waals surface area contributed by atoms with Gasteiger partial charge < -0.3 is 15.3 Å². The summed E-state index contributed by atoms with van der Waals surface area (Å²) in [7, 11) is 0. The summed E-state index contributed by atoms with van der Waals surface area (Å²) in [5, 5.41) is 13.2. The lowest BCUT2D eigenvalue weighted by molar-refractivity contribution is -0.117. The maximum atomic E-state index is 12.6. The molecule has 1 heterocycles. The standard InChI is InChI=1S/C20H20N2O3/c23-17-12-14-4-1-2-5-16(14)19(17)21-20(25)13-7-9-15(10-8-13)22-11-3-6-18(22)24/h1-2,4-5,7-10,17,19,23H,3,6,11-12H2,(H,21,25). The Hall–Kier alpha value is -2.66. The van der Waals surface area contributed by atoms with Crippen molar-refractivity contribution in [2.75, 3.05) is 11.4 Å². The molecule has 5 nitrogen and oxygen atoms in total. The molecule has 5 heteroatoms. The summed E-state index contributed by atoms with van der Waals surface area (Å²) in [5.74, 6) is -0.0945. The van der Waals surface area contributed by atoms with Gasteiger partial charge in [0.2, 0.25) is 5.91 Å². The Labute approximate surface area is 146 Å². The lowest BCUT2D eigenvalue weighted by Crippen LogP contribution is -2.33. The summed E-state index contributed by atoms with van der Waals surface area (Å²) in [4.78, 5) is 26.1. The van der Waals surface area contributed by atoms with Gasteiger partial charge in [-0.05, 0) is 41.8 Å². The third-order valence-electron chi connectivity index (χ3n) is 5.01. The van der Waals surface area contributed by atoms with Gasteiger partial charge in [-0.1, -0.05) is 24.3 Å². The fourth-order valence-electron chi connectivity index (χ4n) is 3.69. The van der Waals surface area contributed by atoms with Gasteiger partial charge in [-0.2, -0.15) is 0 Å². The maximum absolute atomic E-state index is 12.6. The van der Waals surface area contributed by atoms with Gasteiger partial charge in [-0.15, -0.1) is 0 Å². The van der Waals surface area contributed by atoms with E-state index in [1.807, 2.05) is 24.3 Å². The van der Waals surface area contributed by atoms with E-state index in [1.54, 1.807) is 29.2 Å². The smallest absolute Gasteiger partial charge is 0.251 e. The molecule has 25 heavy (non-hydrogen) atoms. The highest BCUT2D eigenvalue weighted by Crippen LogP contribution is 2.31. The Bertz CT molecular complexity index is 816. The number of nitrogens with one attached hydrogen (secondary N) is 1. The molecule has 0 aromatic heterocycles. The van der Waals surface area contributed by atoms with Crippen LogP contribution in [0.5, 0.6) is 0 Å². The second kappa shape index (κ2) is 6.33. The van der Waals surface area contributed by atoms with Crippen LogP contribution in [0.2, 0.25) is 0 Å². The van der Waals surface area contributed by atoms with Crippen molar-refractivity contribution in [1.29, 1.82) is 0 Å². The molecule has 4 rings (SSSR count). The number of aliphatic hydroxyl groups is 1. The highest BCUT2D eigenvalue weighted by Gasteiger charge is 2.32. The Kier molecular flexibility index (Phi) is 4.01. The first-order chi connectivity index (χ1) is 12.1. The number of nitrogens with zero attached hydrogens (tertiary/aromatic N) is 1. The zero-order valence-electron chi connectivity index (χ0n) is 13.8. The molecular weight excluding hydrogens is 316 g/mol. The number of rotatable bonds is 3. The van der Waals surface area contributed by atoms with Crippen molar-refractivity contribution in [2.24, 2.45) is 0 Å². The van der Waals surface area contributed by atoms with Gasteiger partial charge in [-0.3, -0.25) is 9.59 Å². The molecule has 0 bridgehead atoms. The number of anilines is 1. The van der Waals surface area contributed by atoms with Gasteiger partial charge in [0, 0.05) is 30.6 Å². The number of fused-ring (bicyclic) bond motifs is 1. The first-order valence-electron chi connectivity index (χ1n) is 8.60. The fraction of sp³-hybridized carbons (Fsp3) is 0.300. The third kappa shape index (κ3) is 2.91. The van der Waals surface area contributed by atoms with Crippen molar-refractivity contribution < 1.29 is 14.7 Å². The molecule has 2 aliphatic rings. The molecule has 2 amide bonds. The van der Waals surface area contributed by atoms with E-state index >= 15 is 0 Å². The van der Waals surface area contributed by atoms with Gasteiger partial charge in [-0.25, -0.2) is 0 Å². The lowest BCUT2D eigenvalue weighted by Gasteiger charge is -2.19. The summed E-state index contributed by atoms with van der Waals surface area (Å²) < 4.78 is 0. The van der Waals surface area contributed by atoms with Crippen molar-refractivity contribution in [2.45, 2.75) is 31.4 Å². The van der Waals surface area contributed by atoms with E-state index in [2.05, 4.69) is 5.32 Å². The summed E-state index contributed by atoms with van der Waals surface area (Å²) in [6, 6.07) is 14.4. The van der Waals surface area contributed by atoms with Crippen LogP contribution in [-0.4, -0.2) is 29.6 Å². The van der Waals surface area contributed by atoms with E-state index in [0.717, 1.165) is 29.8 Å². The van der Waals surface area contributed by atoms with E-state index in [0.29, 0.717) is 18.4 Å². The van der Waals surface area contributed by atoms with Crippen molar-refractivity contribution in [3.8, 4) is 0 Å². The number of carbonyl (C=O) groups excluding carboxylic acids is 2. The molecule has 1 aliphatic carbocycles. The molecule has 2 N–H and O–H groups in total. The SMILES string of the molecule is O=C(NC1c2ccccc2CC1O)c1ccc(N2CCCC2=O)cc1. The fourth-order valence-corrected chi connectivity index (χ4v) is 3.69. The zero-order valence-corrected chi connectivity index (χ0v) is 13.8. The van der Waals surface area contributed by atoms with Gasteiger partial charge in [0.15, 0.2) is 0 Å². The minimum Gasteiger partial charge on any atom is -0.390 e. The van der Waals surface area contributed by atoms with Crippen molar-refractivity contribution in [1.82, 2.24) is 5.32 Å². The number of hydrogen-bond acceptors (Lipinski definition) is 3. The molecule has 0 saturated carbocycles. The Morgan fingerprint density at radius 2 is 1.88 bits per heavy atom. The molecule has 128 valence electrons. The molecule has 2 aromatic rings. The Balaban J connectivity index is 1.49. The Morgan fingerprint density at radius 3 is 2.60 bits per heavy atom. The summed E-state index contributed by atoms with van der Waals surface area (Å²) in [6.45, 7) is 0.732. The van der Waals surface area contributed by atoms with E-state index in [1.165, 1.54) is 0 Å². The number of aliphatic hydroxyl groups excluding tert-OH is 1. The highest BCUT2D eigenvalue weighted by molar-refractivity contribution is 5.97. The maximum Gasteiger partial charge on any atom is 0.251 e. The topological polar surface area (TPSA) is 69.6 Å². The van der Waals surface area contributed by atoms with E-state index in [-0.39, 0.29) is 17.9 Å². The van der Waals surface area contributed by atoms with Gasteiger partial charge >= 0.3 is 0 Å². The number of benzene rings is 2. The molecule has 2 atom stereocenters. The largest absolute Gasteiger partial charge is 0.390 e. The molecule has 1 aliphatic heterocycles. The summed E-state index contributed by atoms with van der Waals surface area (Å²) in [6.07, 6.45) is 1.40. The van der Waals surface area contributed by atoms with Crippen LogP contribution in [0.3, 0.4) is 0 Å². The van der Waals surface area contributed by atoms with Crippen LogP contribution in [0.25, 0.3) is 0 Å². The monoisotopic (exact) mass is 336 g/mol. The van der Waals surface area contributed by atoms with Gasteiger partial charge in [0.1, 0.15) is 0 Å². The average Bonchev–Trinajstić information content (AvgIpc) is 3.19. The molecule has 2 aromatic carbocycles. The number of amides is 2. The van der Waals surface area contributed by atoms with Gasteiger partial charge in [0.05, 0.1) is 12.1 Å². The van der Waals surface area contributed by atoms with Crippen LogP contribution in [0.15, 0.2) is 48.5 Å². The highest BCUT2D eigenvalue weighted by atomic mass is 16.3. The van der Waals surface area contributed by atoms with Crippen molar-refractivity contribution in [3.05, 3.63) is 65.2 Å². The van der Waals surface area contributed by atoms with Crippen LogP contribution >= 0.6 is 0 Å².